The molecule has 14 heteroatoms. The lowest BCUT2D eigenvalue weighted by Gasteiger charge is -2.27. The highest BCUT2D eigenvalue weighted by atomic mass is 19.2. The van der Waals surface area contributed by atoms with Crippen LogP contribution >= 0.6 is 0 Å². The average molecular weight is 507 g/mol. The number of nitrogens with zero attached hydrogens (tertiary/aromatic N) is 7. The van der Waals surface area contributed by atoms with E-state index in [2.05, 4.69) is 25.3 Å². The Bertz CT molecular complexity index is 1650. The number of imidazole rings is 2. The third-order valence-electron chi connectivity index (χ3n) is 6.01. The highest BCUT2D eigenvalue weighted by molar-refractivity contribution is 5.85. The third kappa shape index (κ3) is 4.16. The molecular formula is C23H19F2N9O3. The number of nitro benzene ring substituents is 1. The fourth-order valence-electron chi connectivity index (χ4n) is 4.18. The fraction of sp³-hybridized carbons (Fsp3) is 0.217. The molecule has 6 rings (SSSR count). The van der Waals surface area contributed by atoms with Gasteiger partial charge in [-0.25, -0.2) is 18.7 Å². The second-order valence-corrected chi connectivity index (χ2v) is 8.33. The molecule has 0 unspecified atom stereocenters. The number of benzene rings is 2. The molecule has 1 aliphatic rings. The van der Waals surface area contributed by atoms with E-state index >= 15 is 0 Å². The second kappa shape index (κ2) is 9.05. The molecule has 0 bridgehead atoms. The summed E-state index contributed by atoms with van der Waals surface area (Å²) in [4.78, 5) is 33.8. The Morgan fingerprint density at radius 3 is 2.76 bits per heavy atom. The zero-order valence-corrected chi connectivity index (χ0v) is 19.2. The number of nitro groups is 1. The minimum Gasteiger partial charge on any atom is -0.378 e. The predicted octanol–water partition coefficient (Wildman–Crippen LogP) is 3.33. The van der Waals surface area contributed by atoms with Crippen molar-refractivity contribution in [2.24, 2.45) is 0 Å². The van der Waals surface area contributed by atoms with Crippen LogP contribution in [0.3, 0.4) is 0 Å². The monoisotopic (exact) mass is 507 g/mol. The molecule has 4 heterocycles. The molecule has 2 aromatic carbocycles. The Balaban J connectivity index is 1.40. The van der Waals surface area contributed by atoms with E-state index in [1.165, 1.54) is 24.5 Å². The molecular weight excluding hydrogens is 488 g/mol. The number of rotatable bonds is 6. The number of halogens is 2. The van der Waals surface area contributed by atoms with Crippen LogP contribution in [0.5, 0.6) is 0 Å². The first-order chi connectivity index (χ1) is 18.0. The maximum Gasteiger partial charge on any atom is 0.271 e. The Labute approximate surface area is 207 Å². The maximum absolute atomic E-state index is 14.1. The van der Waals surface area contributed by atoms with Crippen LogP contribution in [0.15, 0.2) is 42.7 Å². The van der Waals surface area contributed by atoms with Crippen molar-refractivity contribution in [2.75, 3.05) is 36.5 Å². The summed E-state index contributed by atoms with van der Waals surface area (Å²) in [7, 11) is 0. The van der Waals surface area contributed by atoms with Crippen molar-refractivity contribution in [2.45, 2.75) is 6.54 Å². The summed E-state index contributed by atoms with van der Waals surface area (Å²) in [6.07, 6.45) is 1.52. The van der Waals surface area contributed by atoms with Crippen LogP contribution in [0.4, 0.5) is 26.2 Å². The van der Waals surface area contributed by atoms with E-state index < -0.39 is 16.6 Å². The molecule has 0 radical (unpaired) electrons. The first-order valence-electron chi connectivity index (χ1n) is 11.4. The summed E-state index contributed by atoms with van der Waals surface area (Å²) in [5.41, 5.74) is 1.60. The molecule has 0 saturated carbocycles. The highest BCUT2D eigenvalue weighted by Crippen LogP contribution is 2.27. The van der Waals surface area contributed by atoms with Gasteiger partial charge in [-0.15, -0.1) is 0 Å². The number of ether oxygens (including phenoxy) is 1. The number of aromatic amines is 1. The van der Waals surface area contributed by atoms with Crippen LogP contribution in [-0.2, 0) is 11.3 Å². The van der Waals surface area contributed by atoms with Crippen LogP contribution < -0.4 is 10.2 Å². The van der Waals surface area contributed by atoms with Gasteiger partial charge in [0.2, 0.25) is 5.95 Å². The molecule has 1 saturated heterocycles. The van der Waals surface area contributed by atoms with Gasteiger partial charge in [0.15, 0.2) is 28.6 Å². The average Bonchev–Trinajstić information content (AvgIpc) is 3.55. The summed E-state index contributed by atoms with van der Waals surface area (Å²) in [5, 5.41) is 14.5. The summed E-state index contributed by atoms with van der Waals surface area (Å²) >= 11 is 0. The molecule has 1 fully saturated rings. The van der Waals surface area contributed by atoms with E-state index in [0.29, 0.717) is 66.3 Å². The fourth-order valence-corrected chi connectivity index (χ4v) is 4.18. The van der Waals surface area contributed by atoms with Crippen molar-refractivity contribution in [3.8, 4) is 5.69 Å². The predicted molar refractivity (Wildman–Crippen MR) is 130 cm³/mol. The highest BCUT2D eigenvalue weighted by Gasteiger charge is 2.21. The van der Waals surface area contributed by atoms with Crippen LogP contribution in [0.25, 0.3) is 27.9 Å². The molecule has 0 spiro atoms. The normalized spacial score (nSPS) is 13.9. The zero-order chi connectivity index (χ0) is 25.5. The molecule has 5 aromatic rings. The topological polar surface area (TPSA) is 140 Å². The van der Waals surface area contributed by atoms with Crippen LogP contribution in [-0.4, -0.2) is 60.7 Å². The minimum atomic E-state index is -1.02. The van der Waals surface area contributed by atoms with Gasteiger partial charge in [-0.2, -0.15) is 9.97 Å². The Morgan fingerprint density at radius 1 is 1.11 bits per heavy atom. The summed E-state index contributed by atoms with van der Waals surface area (Å²) < 4.78 is 34.8. The number of nitrogens with one attached hydrogen (secondary N) is 2. The van der Waals surface area contributed by atoms with Crippen molar-refractivity contribution in [1.82, 2.24) is 29.5 Å². The number of hydrogen-bond donors (Lipinski definition) is 2. The Morgan fingerprint density at radius 2 is 1.95 bits per heavy atom. The van der Waals surface area contributed by atoms with E-state index in [1.807, 2.05) is 4.90 Å². The number of non-ortho nitro benzene ring substituents is 1. The smallest absolute Gasteiger partial charge is 0.271 e. The second-order valence-electron chi connectivity index (χ2n) is 8.33. The van der Waals surface area contributed by atoms with Gasteiger partial charge in [-0.3, -0.25) is 14.7 Å². The lowest BCUT2D eigenvalue weighted by Crippen LogP contribution is -2.37. The standard InChI is InChI=1S/C23H19F2N9O3/c24-15-4-5-16-19(18(15)25)29-17(28-16)11-26-21-20-22(31-23(30-21)32-6-8-37-9-7-32)33(12-27-20)13-2-1-3-14(10-13)34(35)36/h1-5,10,12H,6-9,11H2,(H,28,29)(H,26,30,31). The largest absolute Gasteiger partial charge is 0.378 e. The van der Waals surface area contributed by atoms with Gasteiger partial charge in [0.1, 0.15) is 17.7 Å². The molecule has 0 aliphatic carbocycles. The van der Waals surface area contributed by atoms with E-state index in [9.17, 15) is 18.9 Å². The lowest BCUT2D eigenvalue weighted by molar-refractivity contribution is -0.384. The quantitative estimate of drug-likeness (QED) is 0.262. The van der Waals surface area contributed by atoms with Crippen molar-refractivity contribution >= 4 is 39.7 Å². The third-order valence-corrected chi connectivity index (χ3v) is 6.01. The molecule has 3 aromatic heterocycles. The molecule has 12 nitrogen and oxygen atoms in total. The molecule has 0 atom stereocenters. The number of hydrogen-bond acceptors (Lipinski definition) is 9. The minimum absolute atomic E-state index is 0.0614. The van der Waals surface area contributed by atoms with E-state index in [1.54, 1.807) is 16.7 Å². The van der Waals surface area contributed by atoms with Gasteiger partial charge in [0.25, 0.3) is 5.69 Å². The van der Waals surface area contributed by atoms with E-state index in [0.717, 1.165) is 6.07 Å². The SMILES string of the molecule is O=[N+]([O-])c1cccc(-n2cnc3c(NCc4nc5c(F)c(F)ccc5[nH]4)nc(N4CCOCC4)nc32)c1. The van der Waals surface area contributed by atoms with Crippen molar-refractivity contribution in [3.63, 3.8) is 0 Å². The first kappa shape index (κ1) is 22.7. The molecule has 188 valence electrons. The van der Waals surface area contributed by atoms with Crippen molar-refractivity contribution < 1.29 is 18.4 Å². The number of H-pyrrole nitrogens is 1. The molecule has 37 heavy (non-hydrogen) atoms. The molecule has 2 N–H and O–H groups in total. The van der Waals surface area contributed by atoms with E-state index in [-0.39, 0.29) is 17.7 Å². The van der Waals surface area contributed by atoms with Gasteiger partial charge in [-0.1, -0.05) is 6.07 Å². The van der Waals surface area contributed by atoms with Crippen molar-refractivity contribution in [1.29, 1.82) is 0 Å². The molecule has 0 amide bonds. The lowest BCUT2D eigenvalue weighted by atomic mass is 10.3. The number of aromatic nitrogens is 6. The van der Waals surface area contributed by atoms with Gasteiger partial charge >= 0.3 is 0 Å². The van der Waals surface area contributed by atoms with E-state index in [4.69, 9.17) is 9.72 Å². The number of anilines is 2. The maximum atomic E-state index is 14.1. The number of fused-ring (bicyclic) bond motifs is 2. The van der Waals surface area contributed by atoms with Crippen molar-refractivity contribution in [3.05, 3.63) is 70.3 Å². The Hall–Kier alpha value is -4.72. The van der Waals surface area contributed by atoms with Crippen LogP contribution in [0.1, 0.15) is 5.82 Å². The summed E-state index contributed by atoms with van der Waals surface area (Å²) in [6, 6.07) is 8.62. The van der Waals surface area contributed by atoms with Crippen LogP contribution in [0.2, 0.25) is 0 Å². The van der Waals surface area contributed by atoms with Gasteiger partial charge in [0, 0.05) is 25.2 Å². The molecule has 1 aliphatic heterocycles. The first-order valence-corrected chi connectivity index (χ1v) is 11.4. The van der Waals surface area contributed by atoms with Gasteiger partial charge in [0.05, 0.1) is 35.9 Å². The summed E-state index contributed by atoms with van der Waals surface area (Å²) in [5.74, 6) is -0.795. The Kier molecular flexibility index (Phi) is 5.56. The van der Waals surface area contributed by atoms with Crippen LogP contribution in [0, 0.1) is 21.7 Å². The van der Waals surface area contributed by atoms with Gasteiger partial charge in [-0.05, 0) is 18.2 Å². The zero-order valence-electron chi connectivity index (χ0n) is 19.2. The summed E-state index contributed by atoms with van der Waals surface area (Å²) in [6.45, 7) is 2.34. The number of morpholine rings is 1. The van der Waals surface area contributed by atoms with Gasteiger partial charge < -0.3 is 19.9 Å².